The van der Waals surface area contributed by atoms with Crippen molar-refractivity contribution in [2.24, 2.45) is 5.92 Å². The van der Waals surface area contributed by atoms with Crippen LogP contribution in [0, 0.1) is 5.92 Å². The van der Waals surface area contributed by atoms with Crippen molar-refractivity contribution in [2.75, 3.05) is 0 Å². The fourth-order valence-corrected chi connectivity index (χ4v) is 4.47. The topological polar surface area (TPSA) is 41.1 Å². The fraction of sp³-hybridized carbons (Fsp3) is 0.409. The highest BCUT2D eigenvalue weighted by Gasteiger charge is 2.34. The quantitative estimate of drug-likeness (QED) is 0.873. The molecule has 2 aromatic rings. The molecule has 2 unspecified atom stereocenters. The first-order valence-corrected chi connectivity index (χ1v) is 9.43. The van der Waals surface area contributed by atoms with Gasteiger partial charge in [-0.25, -0.2) is 0 Å². The lowest BCUT2D eigenvalue weighted by Crippen LogP contribution is -2.40. The molecule has 0 aromatic heterocycles. The zero-order valence-corrected chi connectivity index (χ0v) is 14.5. The van der Waals surface area contributed by atoms with Crippen molar-refractivity contribution in [1.29, 1.82) is 0 Å². The first-order valence-electron chi connectivity index (χ1n) is 9.43. The van der Waals surface area contributed by atoms with Gasteiger partial charge in [0, 0.05) is 18.5 Å². The van der Waals surface area contributed by atoms with Crippen LogP contribution >= 0.6 is 0 Å². The number of rotatable bonds is 5. The Kier molecular flexibility index (Phi) is 4.84. The lowest BCUT2D eigenvalue weighted by molar-refractivity contribution is -0.122. The molecule has 2 aliphatic rings. The lowest BCUT2D eigenvalue weighted by atomic mass is 9.89. The van der Waals surface area contributed by atoms with Crippen LogP contribution in [0.4, 0.5) is 0 Å². The third-order valence-corrected chi connectivity index (χ3v) is 5.62. The van der Waals surface area contributed by atoms with Crippen LogP contribution in [-0.4, -0.2) is 18.0 Å². The largest absolute Gasteiger partial charge is 0.345 e. The van der Waals surface area contributed by atoms with Gasteiger partial charge < -0.3 is 10.6 Å². The van der Waals surface area contributed by atoms with Crippen molar-refractivity contribution in [3.05, 3.63) is 71.8 Å². The predicted molar refractivity (Wildman–Crippen MR) is 100 cm³/mol. The van der Waals surface area contributed by atoms with Crippen LogP contribution in [0.25, 0.3) is 0 Å². The number of carbonyl (C=O) groups is 1. The molecule has 2 heterocycles. The number of carbonyl (C=O) groups excluding carboxylic acids is 1. The Morgan fingerprint density at radius 3 is 1.96 bits per heavy atom. The molecule has 25 heavy (non-hydrogen) atoms. The molecule has 4 rings (SSSR count). The van der Waals surface area contributed by atoms with E-state index < -0.39 is 0 Å². The van der Waals surface area contributed by atoms with Gasteiger partial charge in [0.15, 0.2) is 0 Å². The fourth-order valence-electron chi connectivity index (χ4n) is 4.47. The van der Waals surface area contributed by atoms with Gasteiger partial charge in [0.1, 0.15) is 0 Å². The average molecular weight is 334 g/mol. The molecule has 2 aromatic carbocycles. The third-order valence-electron chi connectivity index (χ3n) is 5.62. The summed E-state index contributed by atoms with van der Waals surface area (Å²) in [6.45, 7) is 0. The molecule has 2 saturated heterocycles. The van der Waals surface area contributed by atoms with E-state index in [1.165, 1.54) is 12.8 Å². The maximum Gasteiger partial charge on any atom is 0.221 e. The number of nitrogens with one attached hydrogen (secondary N) is 2. The SMILES string of the molecule is O=C(CC1CC2CCC(C1)N2)NC(c1ccccc1)c1ccccc1. The van der Waals surface area contributed by atoms with Crippen molar-refractivity contribution >= 4 is 5.91 Å². The number of fused-ring (bicyclic) bond motifs is 2. The van der Waals surface area contributed by atoms with Crippen LogP contribution in [0.3, 0.4) is 0 Å². The Morgan fingerprint density at radius 2 is 1.44 bits per heavy atom. The zero-order chi connectivity index (χ0) is 17.1. The molecule has 2 N–H and O–H groups in total. The Bertz CT molecular complexity index is 649. The van der Waals surface area contributed by atoms with E-state index >= 15 is 0 Å². The molecule has 0 aliphatic carbocycles. The highest BCUT2D eigenvalue weighted by atomic mass is 16.1. The first kappa shape index (κ1) is 16.3. The van der Waals surface area contributed by atoms with E-state index in [0.29, 0.717) is 24.4 Å². The van der Waals surface area contributed by atoms with Crippen LogP contribution in [0.1, 0.15) is 49.3 Å². The molecule has 2 bridgehead atoms. The van der Waals surface area contributed by atoms with Crippen LogP contribution < -0.4 is 10.6 Å². The number of hydrogen-bond donors (Lipinski definition) is 2. The van der Waals surface area contributed by atoms with Crippen molar-refractivity contribution < 1.29 is 4.79 Å². The second-order valence-corrected chi connectivity index (χ2v) is 7.50. The molecule has 0 saturated carbocycles. The van der Waals surface area contributed by atoms with Gasteiger partial charge in [0.05, 0.1) is 6.04 Å². The molecule has 0 spiro atoms. The second-order valence-electron chi connectivity index (χ2n) is 7.50. The summed E-state index contributed by atoms with van der Waals surface area (Å²) in [6.07, 6.45) is 5.49. The van der Waals surface area contributed by atoms with Gasteiger partial charge in [-0.1, -0.05) is 60.7 Å². The van der Waals surface area contributed by atoms with E-state index in [9.17, 15) is 4.79 Å². The highest BCUT2D eigenvalue weighted by Crippen LogP contribution is 2.33. The molecule has 1 amide bonds. The van der Waals surface area contributed by atoms with Crippen molar-refractivity contribution in [3.8, 4) is 0 Å². The number of amides is 1. The van der Waals surface area contributed by atoms with E-state index in [-0.39, 0.29) is 11.9 Å². The maximum absolute atomic E-state index is 12.8. The molecule has 130 valence electrons. The minimum Gasteiger partial charge on any atom is -0.345 e. The normalized spacial score (nSPS) is 25.1. The third kappa shape index (κ3) is 3.93. The lowest BCUT2D eigenvalue weighted by Gasteiger charge is -2.29. The van der Waals surface area contributed by atoms with E-state index in [1.54, 1.807) is 0 Å². The summed E-state index contributed by atoms with van der Waals surface area (Å²) in [5.41, 5.74) is 2.26. The minimum atomic E-state index is -0.0756. The minimum absolute atomic E-state index is 0.0756. The van der Waals surface area contributed by atoms with Crippen LogP contribution in [0.2, 0.25) is 0 Å². The summed E-state index contributed by atoms with van der Waals surface area (Å²) in [7, 11) is 0. The number of piperidine rings is 1. The summed E-state index contributed by atoms with van der Waals surface area (Å²) in [5, 5.41) is 6.94. The second kappa shape index (κ2) is 7.40. The van der Waals surface area contributed by atoms with Crippen molar-refractivity contribution in [3.63, 3.8) is 0 Å². The molecule has 0 radical (unpaired) electrons. The van der Waals surface area contributed by atoms with Gasteiger partial charge in [0.25, 0.3) is 0 Å². The van der Waals surface area contributed by atoms with Crippen LogP contribution in [0.5, 0.6) is 0 Å². The van der Waals surface area contributed by atoms with Gasteiger partial charge in [-0.05, 0) is 42.7 Å². The van der Waals surface area contributed by atoms with Crippen LogP contribution in [-0.2, 0) is 4.79 Å². The van der Waals surface area contributed by atoms with E-state index in [2.05, 4.69) is 34.9 Å². The first-order chi connectivity index (χ1) is 12.3. The summed E-state index contributed by atoms with van der Waals surface area (Å²) >= 11 is 0. The zero-order valence-electron chi connectivity index (χ0n) is 14.5. The smallest absolute Gasteiger partial charge is 0.221 e. The Morgan fingerprint density at radius 1 is 0.920 bits per heavy atom. The maximum atomic E-state index is 12.8. The summed E-state index contributed by atoms with van der Waals surface area (Å²) < 4.78 is 0. The predicted octanol–water partition coefficient (Wildman–Crippen LogP) is 3.81. The van der Waals surface area contributed by atoms with E-state index in [1.807, 2.05) is 36.4 Å². The summed E-state index contributed by atoms with van der Waals surface area (Å²) in [6, 6.07) is 21.7. The van der Waals surface area contributed by atoms with Crippen molar-refractivity contribution in [1.82, 2.24) is 10.6 Å². The Hall–Kier alpha value is -2.13. The molecule has 3 nitrogen and oxygen atoms in total. The van der Waals surface area contributed by atoms with E-state index in [0.717, 1.165) is 24.0 Å². The highest BCUT2D eigenvalue weighted by molar-refractivity contribution is 5.77. The molecule has 2 fully saturated rings. The van der Waals surface area contributed by atoms with E-state index in [4.69, 9.17) is 0 Å². The Labute approximate surface area is 149 Å². The molecule has 2 aliphatic heterocycles. The standard InChI is InChI=1S/C22H26N2O/c25-21(15-16-13-19-11-12-20(14-16)23-19)24-22(17-7-3-1-4-8-17)18-9-5-2-6-10-18/h1-10,16,19-20,22-23H,11-15H2,(H,24,25). The van der Waals surface area contributed by atoms with Gasteiger partial charge in [-0.15, -0.1) is 0 Å². The molecule has 3 heteroatoms. The molecular weight excluding hydrogens is 308 g/mol. The van der Waals surface area contributed by atoms with Gasteiger partial charge in [0.2, 0.25) is 5.91 Å². The molecular formula is C22H26N2O. The number of hydrogen-bond acceptors (Lipinski definition) is 2. The van der Waals surface area contributed by atoms with Crippen LogP contribution in [0.15, 0.2) is 60.7 Å². The monoisotopic (exact) mass is 334 g/mol. The summed E-state index contributed by atoms with van der Waals surface area (Å²) in [4.78, 5) is 12.8. The Balaban J connectivity index is 1.46. The molecule has 2 atom stereocenters. The van der Waals surface area contributed by atoms with Gasteiger partial charge >= 0.3 is 0 Å². The summed E-state index contributed by atoms with van der Waals surface area (Å²) in [5.74, 6) is 0.690. The average Bonchev–Trinajstić information content (AvgIpc) is 2.99. The van der Waals surface area contributed by atoms with Gasteiger partial charge in [-0.3, -0.25) is 4.79 Å². The van der Waals surface area contributed by atoms with Gasteiger partial charge in [-0.2, -0.15) is 0 Å². The number of benzene rings is 2. The van der Waals surface area contributed by atoms with Crippen molar-refractivity contribution in [2.45, 2.75) is 50.2 Å².